The minimum Gasteiger partial charge on any atom is -0.258 e. The minimum absolute atomic E-state index is 0.293. The zero-order valence-corrected chi connectivity index (χ0v) is 17.9. The maximum atomic E-state index is 14.0. The lowest BCUT2D eigenvalue weighted by Gasteiger charge is -2.31. The van der Waals surface area contributed by atoms with Gasteiger partial charge in [0.1, 0.15) is 0 Å². The molecule has 30 heavy (non-hydrogen) atoms. The SMILES string of the molecule is O=[N+]([O-])c1ccccc1C1(Br)[CH]C(Br)=CC(S(=O)(=O)C(F)(F)C(F)(F)C(F)(F)F)=C1. The summed E-state index contributed by atoms with van der Waals surface area (Å²) in [5, 5.41) is 4.66. The van der Waals surface area contributed by atoms with E-state index < -0.39 is 47.0 Å². The third-order valence-corrected chi connectivity index (χ3v) is 6.99. The number of rotatable bonds is 5. The van der Waals surface area contributed by atoms with Crippen molar-refractivity contribution >= 4 is 47.4 Å². The molecular formula is C15H7Br2F7NO4S. The maximum absolute atomic E-state index is 14.0. The van der Waals surface area contributed by atoms with Crippen LogP contribution in [0.25, 0.3) is 0 Å². The summed E-state index contributed by atoms with van der Waals surface area (Å²) in [4.78, 5) is 8.74. The van der Waals surface area contributed by atoms with Gasteiger partial charge in [-0.2, -0.15) is 30.7 Å². The molecule has 1 radical (unpaired) electrons. The summed E-state index contributed by atoms with van der Waals surface area (Å²) in [6.45, 7) is 0. The molecule has 1 unspecified atom stereocenters. The molecule has 0 saturated carbocycles. The Morgan fingerprint density at radius 1 is 1.03 bits per heavy atom. The second kappa shape index (κ2) is 7.58. The Morgan fingerprint density at radius 3 is 2.07 bits per heavy atom. The summed E-state index contributed by atoms with van der Waals surface area (Å²) in [5.74, 6) is -6.91. The number of nitro groups is 1. The number of hydrogen-bond acceptors (Lipinski definition) is 4. The summed E-state index contributed by atoms with van der Waals surface area (Å²) < 4.78 is 114. The number of nitrogens with zero attached hydrogens (tertiary/aromatic N) is 1. The van der Waals surface area contributed by atoms with Crippen LogP contribution in [0.15, 0.2) is 45.8 Å². The van der Waals surface area contributed by atoms with Gasteiger partial charge in [-0.3, -0.25) is 10.1 Å². The average molecular weight is 590 g/mol. The number of nitro benzene ring substituents is 1. The van der Waals surface area contributed by atoms with Gasteiger partial charge >= 0.3 is 17.4 Å². The van der Waals surface area contributed by atoms with Crippen molar-refractivity contribution in [3.63, 3.8) is 0 Å². The number of halogens is 9. The van der Waals surface area contributed by atoms with E-state index in [0.717, 1.165) is 18.6 Å². The van der Waals surface area contributed by atoms with Crippen molar-refractivity contribution in [2.75, 3.05) is 0 Å². The van der Waals surface area contributed by atoms with E-state index in [-0.39, 0.29) is 10.0 Å². The van der Waals surface area contributed by atoms with Crippen molar-refractivity contribution in [1.29, 1.82) is 0 Å². The zero-order chi connectivity index (χ0) is 23.3. The van der Waals surface area contributed by atoms with E-state index in [1.165, 1.54) is 12.1 Å². The van der Waals surface area contributed by atoms with Crippen LogP contribution in [0, 0.1) is 16.5 Å². The predicted octanol–water partition coefficient (Wildman–Crippen LogP) is 5.77. The highest BCUT2D eigenvalue weighted by Gasteiger charge is 2.79. The summed E-state index contributed by atoms with van der Waals surface area (Å²) in [5.41, 5.74) is -0.896. The third-order valence-electron chi connectivity index (χ3n) is 3.86. The first-order valence-corrected chi connectivity index (χ1v) is 10.4. The van der Waals surface area contributed by atoms with Crippen LogP contribution in [-0.4, -0.2) is 30.7 Å². The number of allylic oxidation sites excluding steroid dienone is 3. The molecule has 0 spiro atoms. The Kier molecular flexibility index (Phi) is 6.27. The normalized spacial score (nSPS) is 21.1. The van der Waals surface area contributed by atoms with Crippen LogP contribution < -0.4 is 0 Å². The van der Waals surface area contributed by atoms with Gasteiger partial charge in [-0.1, -0.05) is 50.1 Å². The van der Waals surface area contributed by atoms with E-state index in [9.17, 15) is 49.3 Å². The first kappa shape index (κ1) is 24.8. The van der Waals surface area contributed by atoms with Crippen LogP contribution in [0.3, 0.4) is 0 Å². The van der Waals surface area contributed by atoms with Gasteiger partial charge in [0, 0.05) is 17.0 Å². The number of alkyl halides is 8. The smallest absolute Gasteiger partial charge is 0.258 e. The fraction of sp³-hybridized carbons (Fsp3) is 0.267. The Balaban J connectivity index is 2.73. The van der Waals surface area contributed by atoms with Crippen molar-refractivity contribution in [1.82, 2.24) is 0 Å². The summed E-state index contributed by atoms with van der Waals surface area (Å²) in [7, 11) is -6.62. The van der Waals surface area contributed by atoms with Gasteiger partial charge < -0.3 is 0 Å². The van der Waals surface area contributed by atoms with Gasteiger partial charge in [-0.05, 0) is 12.2 Å². The van der Waals surface area contributed by atoms with Gasteiger partial charge in [0.05, 0.1) is 19.7 Å². The molecule has 0 fully saturated rings. The number of para-hydroxylation sites is 1. The third kappa shape index (κ3) is 3.90. The van der Waals surface area contributed by atoms with Gasteiger partial charge in [0.15, 0.2) is 0 Å². The molecule has 1 aromatic rings. The van der Waals surface area contributed by atoms with E-state index in [1.807, 2.05) is 0 Å². The molecule has 1 atom stereocenters. The largest absolute Gasteiger partial charge is 0.461 e. The summed E-state index contributed by atoms with van der Waals surface area (Å²) >= 11 is 5.69. The Morgan fingerprint density at radius 2 is 1.57 bits per heavy atom. The zero-order valence-electron chi connectivity index (χ0n) is 13.9. The number of hydrogen-bond donors (Lipinski definition) is 0. The molecule has 5 nitrogen and oxygen atoms in total. The Labute approximate surface area is 181 Å². The fourth-order valence-electron chi connectivity index (χ4n) is 2.42. The quantitative estimate of drug-likeness (QED) is 0.189. The lowest BCUT2D eigenvalue weighted by Crippen LogP contribution is -2.56. The first-order valence-electron chi connectivity index (χ1n) is 7.34. The average Bonchev–Trinajstić information content (AvgIpc) is 2.59. The van der Waals surface area contributed by atoms with Gasteiger partial charge in [0.25, 0.3) is 5.69 Å². The van der Waals surface area contributed by atoms with Crippen LogP contribution >= 0.6 is 31.9 Å². The van der Waals surface area contributed by atoms with E-state index in [4.69, 9.17) is 0 Å². The van der Waals surface area contributed by atoms with Gasteiger partial charge in [-0.15, -0.1) is 0 Å². The van der Waals surface area contributed by atoms with Crippen LogP contribution in [-0.2, 0) is 14.2 Å². The fourth-order valence-corrected chi connectivity index (χ4v) is 5.84. The molecule has 0 amide bonds. The maximum Gasteiger partial charge on any atom is 0.461 e. The highest BCUT2D eigenvalue weighted by molar-refractivity contribution is 9.12. The second-order valence-electron chi connectivity index (χ2n) is 5.85. The van der Waals surface area contributed by atoms with Crippen molar-refractivity contribution in [2.45, 2.75) is 21.7 Å². The molecule has 0 aromatic heterocycles. The van der Waals surface area contributed by atoms with E-state index in [1.54, 1.807) is 0 Å². The number of sulfone groups is 1. The lowest BCUT2D eigenvalue weighted by molar-refractivity contribution is -0.385. The molecule has 0 N–H and O–H groups in total. The molecule has 165 valence electrons. The van der Waals surface area contributed by atoms with Crippen LogP contribution in [0.1, 0.15) is 5.56 Å². The van der Waals surface area contributed by atoms with Crippen molar-refractivity contribution in [2.24, 2.45) is 0 Å². The molecule has 0 saturated heterocycles. The molecule has 0 heterocycles. The first-order chi connectivity index (χ1) is 13.4. The summed E-state index contributed by atoms with van der Waals surface area (Å²) in [6.07, 6.45) is -5.05. The molecule has 1 aliphatic rings. The lowest BCUT2D eigenvalue weighted by atomic mass is 9.91. The second-order valence-corrected chi connectivity index (χ2v) is 10.1. The number of benzene rings is 1. The molecular weight excluding hydrogens is 583 g/mol. The topological polar surface area (TPSA) is 77.3 Å². The highest BCUT2D eigenvalue weighted by Crippen LogP contribution is 2.53. The monoisotopic (exact) mass is 588 g/mol. The molecule has 0 aliphatic heterocycles. The molecule has 0 bridgehead atoms. The van der Waals surface area contributed by atoms with E-state index in [0.29, 0.717) is 12.2 Å². The molecule has 1 aromatic carbocycles. The Bertz CT molecular complexity index is 1050. The van der Waals surface area contributed by atoms with Crippen molar-refractivity contribution in [3.05, 3.63) is 67.9 Å². The minimum atomic E-state index is -6.91. The molecule has 1 aliphatic carbocycles. The van der Waals surface area contributed by atoms with E-state index in [2.05, 4.69) is 31.9 Å². The molecule has 15 heteroatoms. The summed E-state index contributed by atoms with van der Waals surface area (Å²) in [6, 6.07) is 4.62. The van der Waals surface area contributed by atoms with Crippen LogP contribution in [0.2, 0.25) is 0 Å². The van der Waals surface area contributed by atoms with Gasteiger partial charge in [-0.25, -0.2) is 8.42 Å². The van der Waals surface area contributed by atoms with Gasteiger partial charge in [0.2, 0.25) is 9.84 Å². The van der Waals surface area contributed by atoms with Crippen molar-refractivity contribution in [3.8, 4) is 0 Å². The van der Waals surface area contributed by atoms with E-state index >= 15 is 0 Å². The Hall–Kier alpha value is -1.48. The van der Waals surface area contributed by atoms with Crippen molar-refractivity contribution < 1.29 is 44.1 Å². The van der Waals surface area contributed by atoms with Crippen LogP contribution in [0.5, 0.6) is 0 Å². The predicted molar refractivity (Wildman–Crippen MR) is 98.0 cm³/mol. The van der Waals surface area contributed by atoms with Crippen LogP contribution in [0.4, 0.5) is 36.4 Å². The molecule has 2 rings (SSSR count). The highest BCUT2D eigenvalue weighted by atomic mass is 79.9. The standard InChI is InChI=1S/C15H7Br2F7NO4S/c16-8-5-9(30(28,29)15(23,24)13(18,19)14(20,21)22)7-12(17,6-8)10-3-1-2-4-11(10)25(26)27/h1-7H.